The van der Waals surface area contributed by atoms with Crippen molar-refractivity contribution in [1.29, 1.82) is 0 Å². The van der Waals surface area contributed by atoms with E-state index in [0.29, 0.717) is 0 Å². The second-order valence-electron chi connectivity index (χ2n) is 11.0. The Balaban J connectivity index is 1.32. The van der Waals surface area contributed by atoms with Crippen LogP contribution in [0.2, 0.25) is 0 Å². The predicted molar refractivity (Wildman–Crippen MR) is 182 cm³/mol. The van der Waals surface area contributed by atoms with Crippen molar-refractivity contribution >= 4 is 49.7 Å². The van der Waals surface area contributed by atoms with E-state index in [4.69, 9.17) is 9.97 Å². The van der Waals surface area contributed by atoms with Crippen molar-refractivity contribution in [1.82, 2.24) is 14.5 Å². The Morgan fingerprint density at radius 2 is 1.30 bits per heavy atom. The van der Waals surface area contributed by atoms with Gasteiger partial charge in [0.25, 0.3) is 0 Å². The lowest BCUT2D eigenvalue weighted by atomic mass is 9.97. The molecule has 8 aromatic rings. The molecular formula is C40H29N3. The average Bonchev–Trinajstić information content (AvgIpc) is 3.40. The van der Waals surface area contributed by atoms with E-state index in [2.05, 4.69) is 152 Å². The Kier molecular flexibility index (Phi) is 5.90. The van der Waals surface area contributed by atoms with Gasteiger partial charge in [0.15, 0.2) is 0 Å². The molecule has 6 aromatic carbocycles. The average molecular weight is 552 g/mol. The zero-order valence-corrected chi connectivity index (χ0v) is 24.1. The molecule has 0 atom stereocenters. The lowest BCUT2D eigenvalue weighted by Gasteiger charge is -2.13. The second-order valence-corrected chi connectivity index (χ2v) is 11.0. The molecule has 0 radical (unpaired) electrons. The fourth-order valence-corrected chi connectivity index (χ4v) is 6.49. The minimum atomic E-state index is 0.863. The van der Waals surface area contributed by atoms with E-state index in [1.165, 1.54) is 43.9 Å². The van der Waals surface area contributed by atoms with Gasteiger partial charge in [-0.1, -0.05) is 103 Å². The van der Waals surface area contributed by atoms with Gasteiger partial charge in [0.2, 0.25) is 0 Å². The number of hydrogen-bond donors (Lipinski definition) is 0. The van der Waals surface area contributed by atoms with Gasteiger partial charge in [-0.25, -0.2) is 4.98 Å². The van der Waals surface area contributed by atoms with Gasteiger partial charge in [-0.2, -0.15) is 0 Å². The first-order valence-corrected chi connectivity index (χ1v) is 14.7. The van der Waals surface area contributed by atoms with E-state index in [1.807, 2.05) is 6.20 Å². The highest BCUT2D eigenvalue weighted by Gasteiger charge is 2.16. The summed E-state index contributed by atoms with van der Waals surface area (Å²) < 4.78 is 2.36. The van der Waals surface area contributed by atoms with Crippen LogP contribution in [0.15, 0.2) is 134 Å². The molecule has 0 bridgehead atoms. The number of fused-ring (bicyclic) bond motifs is 6. The molecule has 0 spiro atoms. The third-order valence-electron chi connectivity index (χ3n) is 8.53. The van der Waals surface area contributed by atoms with Crippen LogP contribution < -0.4 is 0 Å². The summed E-state index contributed by atoms with van der Waals surface area (Å²) in [6, 6.07) is 43.2. The summed E-state index contributed by atoms with van der Waals surface area (Å²) in [5, 5.41) is 4.83. The van der Waals surface area contributed by atoms with Crippen molar-refractivity contribution < 1.29 is 0 Å². The number of rotatable bonds is 4. The lowest BCUT2D eigenvalue weighted by Crippen LogP contribution is -1.97. The van der Waals surface area contributed by atoms with Crippen LogP contribution in [0.5, 0.6) is 0 Å². The third-order valence-corrected chi connectivity index (χ3v) is 8.53. The van der Waals surface area contributed by atoms with Gasteiger partial charge in [-0.3, -0.25) is 4.98 Å². The summed E-state index contributed by atoms with van der Waals surface area (Å²) >= 11 is 0. The van der Waals surface area contributed by atoms with Gasteiger partial charge in [-0.05, 0) is 66.3 Å². The zero-order valence-electron chi connectivity index (χ0n) is 24.1. The van der Waals surface area contributed by atoms with Crippen LogP contribution in [0, 0.1) is 6.92 Å². The summed E-state index contributed by atoms with van der Waals surface area (Å²) in [6.45, 7) is 4.23. The van der Waals surface area contributed by atoms with Crippen LogP contribution in [0.25, 0.3) is 77.8 Å². The highest BCUT2D eigenvalue weighted by molar-refractivity contribution is 6.11. The number of para-hydroxylation sites is 1. The molecule has 3 heteroatoms. The van der Waals surface area contributed by atoms with E-state index < -0.39 is 0 Å². The molecule has 2 aromatic heterocycles. The van der Waals surface area contributed by atoms with Gasteiger partial charge >= 0.3 is 0 Å². The third kappa shape index (κ3) is 4.04. The lowest BCUT2D eigenvalue weighted by molar-refractivity contribution is 1.18. The molecule has 0 saturated carbocycles. The van der Waals surface area contributed by atoms with Gasteiger partial charge in [0.1, 0.15) is 0 Å². The minimum Gasteiger partial charge on any atom is -0.309 e. The second kappa shape index (κ2) is 10.1. The van der Waals surface area contributed by atoms with Crippen molar-refractivity contribution in [3.63, 3.8) is 0 Å². The number of hydrogen-bond acceptors (Lipinski definition) is 2. The number of aryl methyl sites for hydroxylation is 1. The Labute approximate surface area is 250 Å². The largest absolute Gasteiger partial charge is 0.309 e. The molecule has 204 valence electrons. The maximum absolute atomic E-state index is 5.24. The fourth-order valence-electron chi connectivity index (χ4n) is 6.49. The summed E-state index contributed by atoms with van der Waals surface area (Å²) in [4.78, 5) is 10.2. The zero-order chi connectivity index (χ0) is 28.9. The minimum absolute atomic E-state index is 0.863. The highest BCUT2D eigenvalue weighted by atomic mass is 15.0. The van der Waals surface area contributed by atoms with E-state index >= 15 is 0 Å². The first kappa shape index (κ1) is 25.2. The van der Waals surface area contributed by atoms with Crippen LogP contribution in [-0.4, -0.2) is 14.5 Å². The van der Waals surface area contributed by atoms with Crippen molar-refractivity contribution in [3.8, 4) is 28.1 Å². The molecule has 0 amide bonds. The van der Waals surface area contributed by atoms with Crippen molar-refractivity contribution in [2.24, 2.45) is 0 Å². The molecule has 0 aliphatic carbocycles. The van der Waals surface area contributed by atoms with Gasteiger partial charge in [0.05, 0.1) is 34.0 Å². The molecule has 0 unspecified atom stereocenters. The van der Waals surface area contributed by atoms with E-state index in [1.54, 1.807) is 0 Å². The van der Waals surface area contributed by atoms with E-state index in [-0.39, 0.29) is 0 Å². The van der Waals surface area contributed by atoms with E-state index in [9.17, 15) is 0 Å². The first-order chi connectivity index (χ1) is 21.2. The Bertz CT molecular complexity index is 2360. The van der Waals surface area contributed by atoms with Gasteiger partial charge < -0.3 is 4.57 Å². The predicted octanol–water partition coefficient (Wildman–Crippen LogP) is 10.6. The number of nitrogens with zero attached hydrogens (tertiary/aromatic N) is 3. The fraction of sp³-hybridized carbons (Fsp3) is 0.0500. The molecule has 3 nitrogen and oxygen atoms in total. The quantitative estimate of drug-likeness (QED) is 0.204. The van der Waals surface area contributed by atoms with Crippen LogP contribution in [0.3, 0.4) is 0 Å². The molecular weight excluding hydrogens is 522 g/mol. The smallest absolute Gasteiger partial charge is 0.0975 e. The van der Waals surface area contributed by atoms with Gasteiger partial charge in [-0.15, -0.1) is 0 Å². The monoisotopic (exact) mass is 551 g/mol. The van der Waals surface area contributed by atoms with Crippen LogP contribution in [0.1, 0.15) is 18.1 Å². The molecule has 0 saturated heterocycles. The summed E-state index contributed by atoms with van der Waals surface area (Å²) in [7, 11) is 0. The first-order valence-electron chi connectivity index (χ1n) is 14.7. The Morgan fingerprint density at radius 1 is 0.581 bits per heavy atom. The summed E-state index contributed by atoms with van der Waals surface area (Å²) in [6.07, 6.45) is 6.15. The molecule has 0 N–H and O–H groups in total. The maximum atomic E-state index is 5.24. The number of aromatic nitrogens is 3. The summed E-state index contributed by atoms with van der Waals surface area (Å²) in [5.74, 6) is 0. The van der Waals surface area contributed by atoms with Crippen LogP contribution >= 0.6 is 0 Å². The van der Waals surface area contributed by atoms with Crippen LogP contribution in [0.4, 0.5) is 0 Å². The Hall–Kier alpha value is -5.54. The summed E-state index contributed by atoms with van der Waals surface area (Å²) in [5.41, 5.74) is 12.0. The van der Waals surface area contributed by atoms with Crippen molar-refractivity contribution in [2.75, 3.05) is 0 Å². The van der Waals surface area contributed by atoms with Crippen LogP contribution in [-0.2, 0) is 0 Å². The van der Waals surface area contributed by atoms with E-state index in [0.717, 1.165) is 38.9 Å². The van der Waals surface area contributed by atoms with Gasteiger partial charge in [0, 0.05) is 33.0 Å². The topological polar surface area (TPSA) is 30.7 Å². The molecule has 0 fully saturated rings. The maximum Gasteiger partial charge on any atom is 0.0975 e. The molecule has 0 aliphatic rings. The molecule has 2 heterocycles. The normalized spacial score (nSPS) is 11.9. The standard InChI is InChI=1S/C40H29N3/c1-3-12-32-26(2)31-17-7-8-19-34(31)39-40(32)42-36(25-41-39)29-15-11-16-30(23-29)43-37-20-10-9-18-33(37)35-24-28(21-22-38(35)43)27-13-5-4-6-14-27/h3-25H,1-2H3/b12-3-. The molecule has 43 heavy (non-hydrogen) atoms. The molecule has 0 aliphatic heterocycles. The number of benzene rings is 6. The molecule has 8 rings (SSSR count). The van der Waals surface area contributed by atoms with Crippen molar-refractivity contribution in [3.05, 3.63) is 145 Å². The highest BCUT2D eigenvalue weighted by Crippen LogP contribution is 2.36. The SMILES string of the molecule is C/C=C\c1c(C)c2ccccc2c2ncc(-c3cccc(-n4c5ccccc5c5cc(-c6ccccc6)ccc54)c3)nc12. The van der Waals surface area contributed by atoms with Crippen molar-refractivity contribution in [2.45, 2.75) is 13.8 Å². The number of allylic oxidation sites excluding steroid dienone is 1. The Morgan fingerprint density at radius 3 is 2.14 bits per heavy atom.